The van der Waals surface area contributed by atoms with Crippen molar-refractivity contribution in [2.24, 2.45) is 0 Å². The zero-order valence-corrected chi connectivity index (χ0v) is 15.9. The van der Waals surface area contributed by atoms with Gasteiger partial charge < -0.3 is 9.64 Å². The summed E-state index contributed by atoms with van der Waals surface area (Å²) in [5.74, 6) is -1.22. The number of allylic oxidation sites excluding steroid dienone is 1. The molecule has 4 nitrogen and oxygen atoms in total. The van der Waals surface area contributed by atoms with Crippen LogP contribution < -0.4 is 0 Å². The first kappa shape index (κ1) is 19.5. The Morgan fingerprint density at radius 3 is 2.57 bits per heavy atom. The van der Waals surface area contributed by atoms with Crippen LogP contribution in [0.25, 0.3) is 6.08 Å². The van der Waals surface area contributed by atoms with Crippen LogP contribution in [-0.2, 0) is 20.7 Å². The molecule has 3 rings (SSSR count). The van der Waals surface area contributed by atoms with E-state index in [0.717, 1.165) is 5.56 Å². The number of carbonyl (C=O) groups is 2. The summed E-state index contributed by atoms with van der Waals surface area (Å²) in [6, 6.07) is 15.7. The van der Waals surface area contributed by atoms with Gasteiger partial charge in [0.15, 0.2) is 0 Å². The molecule has 0 spiro atoms. The second-order valence-corrected chi connectivity index (χ2v) is 6.49. The Bertz CT molecular complexity index is 947. The fraction of sp³-hybridized carbons (Fsp3) is 0.217. The van der Waals surface area contributed by atoms with Crippen molar-refractivity contribution in [3.05, 3.63) is 88.4 Å². The van der Waals surface area contributed by atoms with Crippen LogP contribution in [0.2, 0.25) is 0 Å². The highest BCUT2D eigenvalue weighted by Gasteiger charge is 2.36. The number of esters is 1. The second kappa shape index (κ2) is 8.65. The van der Waals surface area contributed by atoms with E-state index < -0.39 is 11.8 Å². The van der Waals surface area contributed by atoms with Gasteiger partial charge in [0.05, 0.1) is 17.8 Å². The number of halogens is 1. The summed E-state index contributed by atoms with van der Waals surface area (Å²) in [6.45, 7) is 4.11. The number of nitrogens with zero attached hydrogens (tertiary/aromatic N) is 1. The molecule has 0 saturated heterocycles. The first-order valence-corrected chi connectivity index (χ1v) is 9.22. The Balaban J connectivity index is 1.94. The van der Waals surface area contributed by atoms with E-state index in [1.165, 1.54) is 12.1 Å². The molecule has 1 aliphatic heterocycles. The maximum absolute atomic E-state index is 13.5. The van der Waals surface area contributed by atoms with E-state index in [2.05, 4.69) is 0 Å². The van der Waals surface area contributed by atoms with Crippen molar-refractivity contribution < 1.29 is 18.7 Å². The molecule has 0 saturated carbocycles. The molecule has 2 aromatic rings. The maximum Gasteiger partial charge on any atom is 0.340 e. The topological polar surface area (TPSA) is 46.6 Å². The molecule has 0 aromatic heterocycles. The smallest absolute Gasteiger partial charge is 0.340 e. The van der Waals surface area contributed by atoms with Gasteiger partial charge in [0.1, 0.15) is 5.82 Å². The van der Waals surface area contributed by atoms with E-state index in [1.807, 2.05) is 30.3 Å². The van der Waals surface area contributed by atoms with Gasteiger partial charge in [0.2, 0.25) is 0 Å². The average molecular weight is 379 g/mol. The van der Waals surface area contributed by atoms with E-state index in [-0.39, 0.29) is 23.7 Å². The second-order valence-electron chi connectivity index (χ2n) is 6.49. The SMILES string of the molecule is CCOC(=O)C1=C(C)N(CCc2ccccc2)C(=O)/C1=C\c1cccc(F)c1. The first-order valence-electron chi connectivity index (χ1n) is 9.22. The lowest BCUT2D eigenvalue weighted by Crippen LogP contribution is -2.27. The lowest BCUT2D eigenvalue weighted by Gasteiger charge is -2.17. The van der Waals surface area contributed by atoms with E-state index in [1.54, 1.807) is 37.0 Å². The minimum Gasteiger partial charge on any atom is -0.462 e. The predicted molar refractivity (Wildman–Crippen MR) is 106 cm³/mol. The highest BCUT2D eigenvalue weighted by atomic mass is 19.1. The fourth-order valence-electron chi connectivity index (χ4n) is 3.25. The molecule has 144 valence electrons. The Morgan fingerprint density at radius 1 is 1.14 bits per heavy atom. The van der Waals surface area contributed by atoms with Crippen LogP contribution in [-0.4, -0.2) is 29.9 Å². The van der Waals surface area contributed by atoms with Gasteiger partial charge in [-0.3, -0.25) is 4.79 Å². The van der Waals surface area contributed by atoms with Crippen molar-refractivity contribution in [2.75, 3.05) is 13.2 Å². The molecule has 1 heterocycles. The van der Waals surface area contributed by atoms with Crippen LogP contribution in [0.1, 0.15) is 25.0 Å². The van der Waals surface area contributed by atoms with Crippen molar-refractivity contribution >= 4 is 18.0 Å². The third kappa shape index (κ3) is 4.19. The summed E-state index contributed by atoms with van der Waals surface area (Å²) in [6.07, 6.45) is 2.21. The van der Waals surface area contributed by atoms with Gasteiger partial charge in [-0.1, -0.05) is 42.5 Å². The molecule has 1 amide bonds. The Morgan fingerprint density at radius 2 is 1.89 bits per heavy atom. The van der Waals surface area contributed by atoms with Crippen LogP contribution >= 0.6 is 0 Å². The van der Waals surface area contributed by atoms with Crippen LogP contribution in [0.15, 0.2) is 71.4 Å². The minimum absolute atomic E-state index is 0.209. The van der Waals surface area contributed by atoms with Crippen LogP contribution in [0.5, 0.6) is 0 Å². The number of amides is 1. The lowest BCUT2D eigenvalue weighted by molar-refractivity contribution is -0.138. The zero-order chi connectivity index (χ0) is 20.1. The molecular weight excluding hydrogens is 357 g/mol. The Hall–Kier alpha value is -3.21. The first-order chi connectivity index (χ1) is 13.5. The van der Waals surface area contributed by atoms with Gasteiger partial charge in [-0.25, -0.2) is 9.18 Å². The van der Waals surface area contributed by atoms with Crippen molar-refractivity contribution in [3.8, 4) is 0 Å². The van der Waals surface area contributed by atoms with Crippen LogP contribution in [0.3, 0.4) is 0 Å². The monoisotopic (exact) mass is 379 g/mol. The zero-order valence-electron chi connectivity index (χ0n) is 15.9. The van der Waals surface area contributed by atoms with Gasteiger partial charge in [0.25, 0.3) is 5.91 Å². The van der Waals surface area contributed by atoms with E-state index in [0.29, 0.717) is 24.2 Å². The molecule has 0 bridgehead atoms. The molecule has 28 heavy (non-hydrogen) atoms. The molecule has 1 aliphatic rings. The summed E-state index contributed by atoms with van der Waals surface area (Å²) in [4.78, 5) is 27.2. The van der Waals surface area contributed by atoms with E-state index >= 15 is 0 Å². The molecule has 2 aromatic carbocycles. The molecule has 0 atom stereocenters. The summed E-state index contributed by atoms with van der Waals surface area (Å²) in [5, 5.41) is 0. The minimum atomic E-state index is -0.543. The lowest BCUT2D eigenvalue weighted by atomic mass is 10.0. The summed E-state index contributed by atoms with van der Waals surface area (Å²) < 4.78 is 18.7. The number of hydrogen-bond donors (Lipinski definition) is 0. The number of hydrogen-bond acceptors (Lipinski definition) is 3. The van der Waals surface area contributed by atoms with Gasteiger partial charge in [-0.05, 0) is 49.6 Å². The van der Waals surface area contributed by atoms with Crippen molar-refractivity contribution in [3.63, 3.8) is 0 Å². The highest BCUT2D eigenvalue weighted by Crippen LogP contribution is 2.32. The number of ether oxygens (including phenoxy) is 1. The third-order valence-electron chi connectivity index (χ3n) is 4.62. The summed E-state index contributed by atoms with van der Waals surface area (Å²) >= 11 is 0. The van der Waals surface area contributed by atoms with E-state index in [4.69, 9.17) is 4.74 Å². The molecule has 0 unspecified atom stereocenters. The van der Waals surface area contributed by atoms with Crippen LogP contribution in [0, 0.1) is 5.82 Å². The fourth-order valence-corrected chi connectivity index (χ4v) is 3.25. The van der Waals surface area contributed by atoms with Crippen molar-refractivity contribution in [1.82, 2.24) is 4.90 Å². The molecule has 0 fully saturated rings. The standard InChI is InChI=1S/C23H22FNO3/c1-3-28-23(27)21-16(2)25(13-12-17-8-5-4-6-9-17)22(26)20(21)15-18-10-7-11-19(24)14-18/h4-11,14-15H,3,12-13H2,1-2H3/b20-15-. The van der Waals surface area contributed by atoms with E-state index in [9.17, 15) is 14.0 Å². The highest BCUT2D eigenvalue weighted by molar-refractivity contribution is 6.16. The molecule has 5 heteroatoms. The summed E-state index contributed by atoms with van der Waals surface area (Å²) in [7, 11) is 0. The van der Waals surface area contributed by atoms with Crippen molar-refractivity contribution in [1.29, 1.82) is 0 Å². The van der Waals surface area contributed by atoms with Crippen molar-refractivity contribution in [2.45, 2.75) is 20.3 Å². The van der Waals surface area contributed by atoms with Gasteiger partial charge in [0, 0.05) is 12.2 Å². The van der Waals surface area contributed by atoms with Crippen LogP contribution in [0.4, 0.5) is 4.39 Å². The number of rotatable bonds is 6. The molecule has 0 N–H and O–H groups in total. The maximum atomic E-state index is 13.5. The average Bonchev–Trinajstić information content (AvgIpc) is 2.91. The molecule has 0 radical (unpaired) electrons. The quantitative estimate of drug-likeness (QED) is 0.560. The molecule has 0 aliphatic carbocycles. The Kier molecular flexibility index (Phi) is 6.04. The van der Waals surface area contributed by atoms with Gasteiger partial charge >= 0.3 is 5.97 Å². The summed E-state index contributed by atoms with van der Waals surface area (Å²) in [5.41, 5.74) is 2.65. The predicted octanol–water partition coefficient (Wildman–Crippen LogP) is 4.13. The Labute approximate surface area is 163 Å². The third-order valence-corrected chi connectivity index (χ3v) is 4.62. The molecular formula is C23H22FNO3. The number of benzene rings is 2. The van der Waals surface area contributed by atoms with Gasteiger partial charge in [-0.2, -0.15) is 0 Å². The largest absolute Gasteiger partial charge is 0.462 e. The number of carbonyl (C=O) groups excluding carboxylic acids is 2. The van der Waals surface area contributed by atoms with Gasteiger partial charge in [-0.15, -0.1) is 0 Å². The normalized spacial score (nSPS) is 15.5.